The summed E-state index contributed by atoms with van der Waals surface area (Å²) >= 11 is 6.46. The third-order valence-corrected chi connectivity index (χ3v) is 4.68. The van der Waals surface area contributed by atoms with E-state index >= 15 is 0 Å². The zero-order valence-corrected chi connectivity index (χ0v) is 14.4. The Bertz CT molecular complexity index is 810. The topological polar surface area (TPSA) is 59.8 Å². The lowest BCUT2D eigenvalue weighted by Crippen LogP contribution is -2.27. The lowest BCUT2D eigenvalue weighted by atomic mass is 10.2. The molecule has 0 saturated carbocycles. The number of thiocarbonyl (C=S) groups is 1. The highest BCUT2D eigenvalue weighted by Gasteiger charge is 2.30. The lowest BCUT2D eigenvalue weighted by Gasteiger charge is -2.09. The number of rotatable bonds is 4. The molecule has 2 aromatic rings. The fourth-order valence-electron chi connectivity index (χ4n) is 2.11. The molecule has 0 spiro atoms. The first kappa shape index (κ1) is 16.5. The molecule has 2 heterocycles. The zero-order chi connectivity index (χ0) is 17.1. The quantitative estimate of drug-likeness (QED) is 0.359. The predicted octanol–water partition coefficient (Wildman–Crippen LogP) is 3.72. The van der Waals surface area contributed by atoms with Crippen LogP contribution in [0.3, 0.4) is 0 Å². The van der Waals surface area contributed by atoms with Crippen molar-refractivity contribution >= 4 is 46.3 Å². The van der Waals surface area contributed by atoms with Crippen LogP contribution in [-0.4, -0.2) is 27.6 Å². The molecule has 24 heavy (non-hydrogen) atoms. The van der Waals surface area contributed by atoms with Gasteiger partial charge in [0, 0.05) is 6.54 Å². The van der Waals surface area contributed by atoms with Gasteiger partial charge in [0.1, 0.15) is 10.1 Å². The largest absolute Gasteiger partial charge is 0.457 e. The minimum absolute atomic E-state index is 0.0826. The van der Waals surface area contributed by atoms with Gasteiger partial charge in [0.05, 0.1) is 11.2 Å². The Balaban J connectivity index is 1.71. The van der Waals surface area contributed by atoms with Crippen LogP contribution in [0.4, 0.5) is 0 Å². The molecule has 0 N–H and O–H groups in total. The minimum Gasteiger partial charge on any atom is -0.457 e. The van der Waals surface area contributed by atoms with Crippen molar-refractivity contribution in [3.05, 3.63) is 58.9 Å². The van der Waals surface area contributed by atoms with Crippen molar-refractivity contribution < 1.29 is 18.7 Å². The van der Waals surface area contributed by atoms with Gasteiger partial charge in [-0.25, -0.2) is 4.79 Å². The number of hydrogen-bond acceptors (Lipinski definition) is 6. The maximum atomic E-state index is 12.2. The standard InChI is InChI=1S/C17H13NO4S2/c1-2-18-15(19)14(24-17(18)23)10-11-5-7-12(8-6-11)22-16(20)13-4-3-9-21-13/h3-10H,2H2,1H3/b14-10-. The molecule has 1 aromatic heterocycles. The molecule has 5 nitrogen and oxygen atoms in total. The molecule has 122 valence electrons. The molecule has 1 saturated heterocycles. The van der Waals surface area contributed by atoms with Crippen LogP contribution in [-0.2, 0) is 4.79 Å². The van der Waals surface area contributed by atoms with Gasteiger partial charge in [0.25, 0.3) is 5.91 Å². The second-order valence-electron chi connectivity index (χ2n) is 4.86. The van der Waals surface area contributed by atoms with Crippen molar-refractivity contribution in [1.29, 1.82) is 0 Å². The summed E-state index contributed by atoms with van der Waals surface area (Å²) in [6.45, 7) is 2.44. The van der Waals surface area contributed by atoms with Gasteiger partial charge in [-0.15, -0.1) is 0 Å². The summed E-state index contributed by atoms with van der Waals surface area (Å²) in [5, 5.41) is 0. The van der Waals surface area contributed by atoms with E-state index in [1.54, 1.807) is 41.3 Å². The molecule has 1 aliphatic heterocycles. The maximum Gasteiger partial charge on any atom is 0.379 e. The van der Waals surface area contributed by atoms with Crippen molar-refractivity contribution in [2.45, 2.75) is 6.92 Å². The Morgan fingerprint density at radius 1 is 1.33 bits per heavy atom. The SMILES string of the molecule is CCN1C(=O)/C(=C/c2ccc(OC(=O)c3ccco3)cc2)SC1=S. The predicted molar refractivity (Wildman–Crippen MR) is 95.7 cm³/mol. The van der Waals surface area contributed by atoms with Crippen LogP contribution in [0.25, 0.3) is 6.08 Å². The van der Waals surface area contributed by atoms with Gasteiger partial charge in [0.15, 0.2) is 0 Å². The molecule has 1 amide bonds. The van der Waals surface area contributed by atoms with Crippen molar-refractivity contribution in [2.24, 2.45) is 0 Å². The van der Waals surface area contributed by atoms with Crippen molar-refractivity contribution in [2.75, 3.05) is 6.54 Å². The molecule has 0 radical (unpaired) electrons. The Kier molecular flexibility index (Phi) is 4.82. The normalized spacial score (nSPS) is 16.0. The highest BCUT2D eigenvalue weighted by atomic mass is 32.2. The average molecular weight is 359 g/mol. The number of ether oxygens (including phenoxy) is 1. The lowest BCUT2D eigenvalue weighted by molar-refractivity contribution is -0.121. The van der Waals surface area contributed by atoms with Crippen molar-refractivity contribution in [3.63, 3.8) is 0 Å². The van der Waals surface area contributed by atoms with E-state index in [1.165, 1.54) is 24.1 Å². The Morgan fingerprint density at radius 2 is 2.08 bits per heavy atom. The first-order valence-corrected chi connectivity index (χ1v) is 8.42. The molecular weight excluding hydrogens is 346 g/mol. The fraction of sp³-hybridized carbons (Fsp3) is 0.118. The summed E-state index contributed by atoms with van der Waals surface area (Å²) in [6, 6.07) is 10.0. The van der Waals surface area contributed by atoms with E-state index in [0.29, 0.717) is 21.5 Å². The smallest absolute Gasteiger partial charge is 0.379 e. The molecule has 1 aromatic carbocycles. The van der Waals surface area contributed by atoms with E-state index < -0.39 is 5.97 Å². The minimum atomic E-state index is -0.559. The second-order valence-corrected chi connectivity index (χ2v) is 6.54. The molecule has 1 aliphatic rings. The number of furan rings is 1. The summed E-state index contributed by atoms with van der Waals surface area (Å²) in [5.41, 5.74) is 0.824. The van der Waals surface area contributed by atoms with Gasteiger partial charge >= 0.3 is 5.97 Å². The van der Waals surface area contributed by atoms with E-state index in [9.17, 15) is 9.59 Å². The summed E-state index contributed by atoms with van der Waals surface area (Å²) in [4.78, 5) is 26.1. The van der Waals surface area contributed by atoms with Gasteiger partial charge < -0.3 is 9.15 Å². The second kappa shape index (κ2) is 7.02. The molecule has 0 bridgehead atoms. The third-order valence-electron chi connectivity index (χ3n) is 3.30. The van der Waals surface area contributed by atoms with E-state index in [2.05, 4.69) is 0 Å². The molecule has 0 atom stereocenters. The third kappa shape index (κ3) is 3.42. The highest BCUT2D eigenvalue weighted by molar-refractivity contribution is 8.26. The first-order valence-electron chi connectivity index (χ1n) is 7.19. The molecular formula is C17H13NO4S2. The number of benzene rings is 1. The average Bonchev–Trinajstić information content (AvgIpc) is 3.19. The number of thioether (sulfide) groups is 1. The Morgan fingerprint density at radius 3 is 2.67 bits per heavy atom. The number of hydrogen-bond donors (Lipinski definition) is 0. The zero-order valence-electron chi connectivity index (χ0n) is 12.7. The van der Waals surface area contributed by atoms with Crippen LogP contribution in [0.15, 0.2) is 52.0 Å². The van der Waals surface area contributed by atoms with Gasteiger partial charge in [-0.05, 0) is 42.8 Å². The number of carbonyl (C=O) groups excluding carboxylic acids is 2. The van der Waals surface area contributed by atoms with E-state index in [4.69, 9.17) is 21.4 Å². The van der Waals surface area contributed by atoms with Crippen molar-refractivity contribution in [3.8, 4) is 5.75 Å². The highest BCUT2D eigenvalue weighted by Crippen LogP contribution is 2.32. The van der Waals surface area contributed by atoms with Crippen molar-refractivity contribution in [1.82, 2.24) is 4.90 Å². The van der Waals surface area contributed by atoms with E-state index in [1.807, 2.05) is 6.92 Å². The van der Waals surface area contributed by atoms with E-state index in [-0.39, 0.29) is 11.7 Å². The summed E-state index contributed by atoms with van der Waals surface area (Å²) < 4.78 is 10.8. The molecule has 7 heteroatoms. The Labute approximate surface area is 148 Å². The van der Waals surface area contributed by atoms with Crippen LogP contribution in [0.1, 0.15) is 23.0 Å². The molecule has 0 unspecified atom stereocenters. The van der Waals surface area contributed by atoms with Crippen LogP contribution in [0, 0.1) is 0 Å². The van der Waals surface area contributed by atoms with Crippen LogP contribution in [0.2, 0.25) is 0 Å². The van der Waals surface area contributed by atoms with Gasteiger partial charge in [-0.3, -0.25) is 9.69 Å². The summed E-state index contributed by atoms with van der Waals surface area (Å²) in [5.74, 6) is -0.102. The molecule has 0 aliphatic carbocycles. The fourth-order valence-corrected chi connectivity index (χ4v) is 3.49. The van der Waals surface area contributed by atoms with Gasteiger partial charge in [-0.1, -0.05) is 36.1 Å². The molecule has 1 fully saturated rings. The maximum absolute atomic E-state index is 12.2. The number of esters is 1. The summed E-state index contributed by atoms with van der Waals surface area (Å²) in [6.07, 6.45) is 3.18. The Hall–Kier alpha value is -2.38. The van der Waals surface area contributed by atoms with Gasteiger partial charge in [-0.2, -0.15) is 0 Å². The monoisotopic (exact) mass is 359 g/mol. The number of carbonyl (C=O) groups is 2. The number of likely N-dealkylation sites (N-methyl/N-ethyl adjacent to an activating group) is 1. The van der Waals surface area contributed by atoms with E-state index in [0.717, 1.165) is 5.56 Å². The first-order chi connectivity index (χ1) is 11.6. The number of amides is 1. The number of nitrogens with zero attached hydrogens (tertiary/aromatic N) is 1. The van der Waals surface area contributed by atoms with Crippen LogP contribution >= 0.6 is 24.0 Å². The summed E-state index contributed by atoms with van der Waals surface area (Å²) in [7, 11) is 0. The van der Waals surface area contributed by atoms with Gasteiger partial charge in [0.2, 0.25) is 5.76 Å². The van der Waals surface area contributed by atoms with Crippen LogP contribution in [0.5, 0.6) is 5.75 Å². The molecule has 3 rings (SSSR count). The van der Waals surface area contributed by atoms with Crippen LogP contribution < -0.4 is 4.74 Å².